The van der Waals surface area contributed by atoms with Crippen LogP contribution in [0.1, 0.15) is 21.5 Å². The van der Waals surface area contributed by atoms with Crippen molar-refractivity contribution >= 4 is 17.6 Å². The molecule has 1 amide bonds. The average molecular weight is 384 g/mol. The maximum atomic E-state index is 12.4. The summed E-state index contributed by atoms with van der Waals surface area (Å²) in [6.07, 6.45) is -1.21. The molecule has 0 aliphatic carbocycles. The number of benzene rings is 2. The first-order chi connectivity index (χ1) is 13.3. The number of hydrogen-bond acceptors (Lipinski definition) is 5. The van der Waals surface area contributed by atoms with Crippen LogP contribution in [0.5, 0.6) is 5.75 Å². The highest BCUT2D eigenvalue weighted by molar-refractivity contribution is 5.93. The Bertz CT molecular complexity index is 845. The van der Waals surface area contributed by atoms with E-state index in [9.17, 15) is 14.7 Å². The minimum atomic E-state index is -1.01. The number of aliphatic hydroxyl groups is 1. The molecule has 0 bridgehead atoms. The number of carbonyl (C=O) groups is 2. The third-order valence-corrected chi connectivity index (χ3v) is 4.81. The summed E-state index contributed by atoms with van der Waals surface area (Å²) in [6, 6.07) is 11.9. The number of nitrogens with zero attached hydrogens (tertiary/aromatic N) is 1. The Kier molecular flexibility index (Phi) is 5.96. The summed E-state index contributed by atoms with van der Waals surface area (Å²) in [5, 5.41) is 22.1. The molecule has 0 spiro atoms. The summed E-state index contributed by atoms with van der Waals surface area (Å²) < 4.78 is 5.77. The summed E-state index contributed by atoms with van der Waals surface area (Å²) in [5.74, 6) is -0.666. The molecule has 7 nitrogen and oxygen atoms in total. The molecular formula is C21H24N2O5. The maximum absolute atomic E-state index is 12.4. The van der Waals surface area contributed by atoms with Crippen molar-refractivity contribution in [3.05, 3.63) is 59.2 Å². The van der Waals surface area contributed by atoms with Crippen molar-refractivity contribution < 1.29 is 24.5 Å². The molecule has 7 heteroatoms. The van der Waals surface area contributed by atoms with E-state index in [4.69, 9.17) is 9.84 Å². The minimum Gasteiger partial charge on any atom is -0.486 e. The van der Waals surface area contributed by atoms with Crippen LogP contribution in [-0.4, -0.2) is 58.8 Å². The number of aromatic carboxylic acids is 1. The molecule has 3 rings (SSSR count). The summed E-state index contributed by atoms with van der Waals surface area (Å²) in [5.41, 5.74) is 2.99. The van der Waals surface area contributed by atoms with Crippen LogP contribution in [-0.2, 0) is 4.79 Å². The summed E-state index contributed by atoms with van der Waals surface area (Å²) in [7, 11) is 0. The molecule has 0 aromatic heterocycles. The van der Waals surface area contributed by atoms with Gasteiger partial charge in [-0.2, -0.15) is 0 Å². The van der Waals surface area contributed by atoms with E-state index in [0.29, 0.717) is 18.8 Å². The number of hydrogen-bond donors (Lipinski definition) is 3. The van der Waals surface area contributed by atoms with Crippen molar-refractivity contribution in [3.8, 4) is 5.75 Å². The van der Waals surface area contributed by atoms with Crippen molar-refractivity contribution in [2.24, 2.45) is 0 Å². The Hall–Kier alpha value is -2.90. The molecular weight excluding hydrogens is 360 g/mol. The predicted molar refractivity (Wildman–Crippen MR) is 105 cm³/mol. The molecule has 1 heterocycles. The molecule has 2 aromatic rings. The molecule has 3 N–H and O–H groups in total. The van der Waals surface area contributed by atoms with E-state index in [1.807, 2.05) is 36.9 Å². The third kappa shape index (κ3) is 4.68. The van der Waals surface area contributed by atoms with Crippen LogP contribution in [0, 0.1) is 13.8 Å². The fraction of sp³-hybridized carbons (Fsp3) is 0.333. The lowest BCUT2D eigenvalue weighted by Crippen LogP contribution is -2.33. The quantitative estimate of drug-likeness (QED) is 0.705. The molecule has 0 saturated carbocycles. The van der Waals surface area contributed by atoms with Crippen LogP contribution in [0.4, 0.5) is 5.69 Å². The van der Waals surface area contributed by atoms with Gasteiger partial charge in [-0.25, -0.2) is 4.79 Å². The van der Waals surface area contributed by atoms with E-state index < -0.39 is 18.2 Å². The summed E-state index contributed by atoms with van der Waals surface area (Å²) in [4.78, 5) is 25.2. The molecule has 0 radical (unpaired) electrons. The molecule has 148 valence electrons. The zero-order valence-corrected chi connectivity index (χ0v) is 15.9. The monoisotopic (exact) mass is 384 g/mol. The standard InChI is InChI=1S/C21H24N2O5/c1-13-4-3-5-14(2)20(13)22-19(25)12-23-10-17(24)18(11-23)28-16-8-6-15(7-9-16)21(26)27/h3-9,17-18,24H,10-12H2,1-2H3,(H,22,25)(H,26,27)/t17-,18-/m1/s1. The first-order valence-corrected chi connectivity index (χ1v) is 9.10. The van der Waals surface area contributed by atoms with Gasteiger partial charge in [0.05, 0.1) is 12.1 Å². The second-order valence-corrected chi connectivity index (χ2v) is 7.06. The van der Waals surface area contributed by atoms with Gasteiger partial charge in [0.2, 0.25) is 5.91 Å². The number of aliphatic hydroxyl groups excluding tert-OH is 1. The minimum absolute atomic E-state index is 0.143. The molecule has 1 saturated heterocycles. The number of aryl methyl sites for hydroxylation is 2. The smallest absolute Gasteiger partial charge is 0.335 e. The molecule has 2 atom stereocenters. The van der Waals surface area contributed by atoms with Crippen molar-refractivity contribution in [2.75, 3.05) is 25.0 Å². The molecule has 1 aliphatic rings. The fourth-order valence-corrected chi connectivity index (χ4v) is 3.32. The van der Waals surface area contributed by atoms with E-state index >= 15 is 0 Å². The number of carboxylic acid groups (broad SMARTS) is 1. The van der Waals surface area contributed by atoms with Crippen LogP contribution in [0.3, 0.4) is 0 Å². The molecule has 0 unspecified atom stereocenters. The largest absolute Gasteiger partial charge is 0.486 e. The van der Waals surface area contributed by atoms with E-state index in [2.05, 4.69) is 5.32 Å². The lowest BCUT2D eigenvalue weighted by molar-refractivity contribution is -0.117. The van der Waals surface area contributed by atoms with Gasteiger partial charge in [0.1, 0.15) is 18.0 Å². The Morgan fingerprint density at radius 2 is 1.75 bits per heavy atom. The Balaban J connectivity index is 1.56. The van der Waals surface area contributed by atoms with E-state index in [1.54, 1.807) is 12.1 Å². The number of anilines is 1. The third-order valence-electron chi connectivity index (χ3n) is 4.81. The van der Waals surface area contributed by atoms with Crippen LogP contribution in [0.2, 0.25) is 0 Å². The highest BCUT2D eigenvalue weighted by Gasteiger charge is 2.34. The van der Waals surface area contributed by atoms with Gasteiger partial charge in [0.25, 0.3) is 0 Å². The van der Waals surface area contributed by atoms with Gasteiger partial charge in [0.15, 0.2) is 0 Å². The van der Waals surface area contributed by atoms with Gasteiger partial charge in [-0.3, -0.25) is 9.69 Å². The number of nitrogens with one attached hydrogen (secondary N) is 1. The van der Waals surface area contributed by atoms with Crippen molar-refractivity contribution in [3.63, 3.8) is 0 Å². The number of carboxylic acids is 1. The van der Waals surface area contributed by atoms with E-state index in [-0.39, 0.29) is 18.0 Å². The van der Waals surface area contributed by atoms with Crippen LogP contribution in [0.25, 0.3) is 0 Å². The SMILES string of the molecule is Cc1cccc(C)c1NC(=O)CN1C[C@@H](O)[C@H](Oc2ccc(C(=O)O)cc2)C1. The van der Waals surface area contributed by atoms with Gasteiger partial charge in [0, 0.05) is 18.8 Å². The van der Waals surface area contributed by atoms with Crippen LogP contribution >= 0.6 is 0 Å². The van der Waals surface area contributed by atoms with E-state index in [0.717, 1.165) is 16.8 Å². The second-order valence-electron chi connectivity index (χ2n) is 7.06. The first kappa shape index (κ1) is 19.9. The number of ether oxygens (including phenoxy) is 1. The Labute approximate surface area is 163 Å². The van der Waals surface area contributed by atoms with E-state index in [1.165, 1.54) is 12.1 Å². The highest BCUT2D eigenvalue weighted by atomic mass is 16.5. The first-order valence-electron chi connectivity index (χ1n) is 9.10. The van der Waals surface area contributed by atoms with Crippen molar-refractivity contribution in [1.82, 2.24) is 4.90 Å². The zero-order chi connectivity index (χ0) is 20.3. The van der Waals surface area contributed by atoms with Gasteiger partial charge in [-0.05, 0) is 49.2 Å². The zero-order valence-electron chi connectivity index (χ0n) is 15.9. The average Bonchev–Trinajstić information content (AvgIpc) is 2.97. The number of rotatable bonds is 6. The molecule has 1 fully saturated rings. The fourth-order valence-electron chi connectivity index (χ4n) is 3.32. The lowest BCUT2D eigenvalue weighted by Gasteiger charge is -2.18. The summed E-state index contributed by atoms with van der Waals surface area (Å²) >= 11 is 0. The topological polar surface area (TPSA) is 99.1 Å². The van der Waals surface area contributed by atoms with Crippen molar-refractivity contribution in [1.29, 1.82) is 0 Å². The normalized spacial score (nSPS) is 19.4. The maximum Gasteiger partial charge on any atom is 0.335 e. The number of carbonyl (C=O) groups excluding carboxylic acids is 1. The van der Waals surface area contributed by atoms with Gasteiger partial charge < -0.3 is 20.3 Å². The lowest BCUT2D eigenvalue weighted by atomic mass is 10.1. The number of para-hydroxylation sites is 1. The van der Waals surface area contributed by atoms with Crippen LogP contribution in [0.15, 0.2) is 42.5 Å². The predicted octanol–water partition coefficient (Wildman–Crippen LogP) is 2.06. The highest BCUT2D eigenvalue weighted by Crippen LogP contribution is 2.21. The van der Waals surface area contributed by atoms with Gasteiger partial charge >= 0.3 is 5.97 Å². The number of β-amino-alcohol motifs (C(OH)–C–C–N with tert-alkyl or cyclic N) is 1. The summed E-state index contributed by atoms with van der Waals surface area (Å²) in [6.45, 7) is 4.78. The number of likely N-dealkylation sites (tertiary alicyclic amines) is 1. The molecule has 2 aromatic carbocycles. The van der Waals surface area contributed by atoms with Crippen molar-refractivity contribution in [2.45, 2.75) is 26.1 Å². The Morgan fingerprint density at radius 1 is 1.11 bits per heavy atom. The molecule has 28 heavy (non-hydrogen) atoms. The van der Waals surface area contributed by atoms with Gasteiger partial charge in [-0.15, -0.1) is 0 Å². The second kappa shape index (κ2) is 8.41. The van der Waals surface area contributed by atoms with Gasteiger partial charge in [-0.1, -0.05) is 18.2 Å². The van der Waals surface area contributed by atoms with Crippen LogP contribution < -0.4 is 10.1 Å². The Morgan fingerprint density at radius 3 is 2.36 bits per heavy atom. The number of amides is 1. The molecule has 1 aliphatic heterocycles.